The quantitative estimate of drug-likeness (QED) is 0.835. The predicted octanol–water partition coefficient (Wildman–Crippen LogP) is 3.51. The summed E-state index contributed by atoms with van der Waals surface area (Å²) >= 11 is 0. The fourth-order valence-electron chi connectivity index (χ4n) is 2.42. The van der Waals surface area contributed by atoms with E-state index in [1.54, 1.807) is 7.11 Å². The van der Waals surface area contributed by atoms with Gasteiger partial charge in [0.15, 0.2) is 0 Å². The molecule has 0 aliphatic rings. The van der Waals surface area contributed by atoms with Gasteiger partial charge in [0, 0.05) is 13.5 Å². The summed E-state index contributed by atoms with van der Waals surface area (Å²) in [5.41, 5.74) is 9.45. The number of benzene rings is 2. The van der Waals surface area contributed by atoms with Crippen LogP contribution in [0, 0.1) is 0 Å². The number of methoxy groups -OCH3 is 1. The zero-order valence-corrected chi connectivity index (χ0v) is 12.1. The van der Waals surface area contributed by atoms with Gasteiger partial charge in [0.05, 0.1) is 6.10 Å². The molecule has 0 fully saturated rings. The van der Waals surface area contributed by atoms with Crippen LogP contribution in [0.1, 0.15) is 29.2 Å². The normalized spacial score (nSPS) is 12.3. The molecule has 2 nitrogen and oxygen atoms in total. The first-order valence-electron chi connectivity index (χ1n) is 7.19. The van der Waals surface area contributed by atoms with Crippen LogP contribution in [0.15, 0.2) is 54.6 Å². The maximum Gasteiger partial charge on any atom is 0.0861 e. The molecular weight excluding hydrogens is 246 g/mol. The van der Waals surface area contributed by atoms with Crippen molar-refractivity contribution in [3.63, 3.8) is 0 Å². The lowest BCUT2D eigenvalue weighted by atomic mass is 9.98. The minimum absolute atomic E-state index is 0.107. The highest BCUT2D eigenvalue weighted by molar-refractivity contribution is 5.27. The smallest absolute Gasteiger partial charge is 0.0861 e. The molecule has 0 saturated carbocycles. The third-order valence-corrected chi connectivity index (χ3v) is 3.54. The highest BCUT2D eigenvalue weighted by Gasteiger charge is 2.11. The van der Waals surface area contributed by atoms with Gasteiger partial charge in [-0.15, -0.1) is 0 Å². The highest BCUT2D eigenvalue weighted by Crippen LogP contribution is 2.23. The molecule has 0 aliphatic carbocycles. The Morgan fingerprint density at radius 2 is 1.75 bits per heavy atom. The SMILES string of the molecule is COC(Cc1ccccc1)c1cccc(CCCN)c1. The van der Waals surface area contributed by atoms with Crippen molar-refractivity contribution in [2.24, 2.45) is 5.73 Å². The number of rotatable bonds is 7. The van der Waals surface area contributed by atoms with Gasteiger partial charge in [-0.05, 0) is 36.1 Å². The van der Waals surface area contributed by atoms with Crippen LogP contribution in [0.3, 0.4) is 0 Å². The molecule has 2 heteroatoms. The number of hydrogen-bond acceptors (Lipinski definition) is 2. The van der Waals surface area contributed by atoms with Gasteiger partial charge in [-0.1, -0.05) is 54.6 Å². The summed E-state index contributed by atoms with van der Waals surface area (Å²) in [7, 11) is 1.78. The Balaban J connectivity index is 2.10. The van der Waals surface area contributed by atoms with Crippen LogP contribution >= 0.6 is 0 Å². The van der Waals surface area contributed by atoms with Gasteiger partial charge in [0.25, 0.3) is 0 Å². The lowest BCUT2D eigenvalue weighted by Gasteiger charge is -2.17. The van der Waals surface area contributed by atoms with Gasteiger partial charge in [0.2, 0.25) is 0 Å². The summed E-state index contributed by atoms with van der Waals surface area (Å²) in [4.78, 5) is 0. The fourth-order valence-corrected chi connectivity index (χ4v) is 2.42. The molecule has 20 heavy (non-hydrogen) atoms. The molecule has 0 radical (unpaired) electrons. The van der Waals surface area contributed by atoms with E-state index in [0.29, 0.717) is 0 Å². The number of aryl methyl sites for hydroxylation is 1. The molecular formula is C18H23NO. The molecule has 0 aromatic heterocycles. The number of hydrogen-bond donors (Lipinski definition) is 1. The minimum atomic E-state index is 0.107. The molecule has 1 atom stereocenters. The van der Waals surface area contributed by atoms with Crippen LogP contribution in [0.5, 0.6) is 0 Å². The monoisotopic (exact) mass is 269 g/mol. The minimum Gasteiger partial charge on any atom is -0.376 e. The molecule has 0 aliphatic heterocycles. The zero-order valence-electron chi connectivity index (χ0n) is 12.1. The number of nitrogens with two attached hydrogens (primary N) is 1. The van der Waals surface area contributed by atoms with Gasteiger partial charge >= 0.3 is 0 Å². The van der Waals surface area contributed by atoms with E-state index < -0.39 is 0 Å². The topological polar surface area (TPSA) is 35.2 Å². The highest BCUT2D eigenvalue weighted by atomic mass is 16.5. The van der Waals surface area contributed by atoms with Crippen LogP contribution in [0.25, 0.3) is 0 Å². The molecule has 2 rings (SSSR count). The summed E-state index contributed by atoms with van der Waals surface area (Å²) in [6.07, 6.45) is 3.07. The average Bonchev–Trinajstić information content (AvgIpc) is 2.52. The van der Waals surface area contributed by atoms with E-state index in [4.69, 9.17) is 10.5 Å². The first-order valence-corrected chi connectivity index (χ1v) is 7.19. The van der Waals surface area contributed by atoms with E-state index in [1.165, 1.54) is 16.7 Å². The summed E-state index contributed by atoms with van der Waals surface area (Å²) in [6, 6.07) is 19.1. The van der Waals surface area contributed by atoms with Crippen molar-refractivity contribution in [3.05, 3.63) is 71.3 Å². The standard InChI is InChI=1S/C18H23NO/c1-20-18(14-16-7-3-2-4-8-16)17-11-5-9-15(13-17)10-6-12-19/h2-5,7-9,11,13,18H,6,10,12,14,19H2,1H3. The van der Waals surface area contributed by atoms with E-state index in [9.17, 15) is 0 Å². The largest absolute Gasteiger partial charge is 0.376 e. The molecule has 0 heterocycles. The second-order valence-electron chi connectivity index (χ2n) is 5.05. The third-order valence-electron chi connectivity index (χ3n) is 3.54. The van der Waals surface area contributed by atoms with E-state index in [2.05, 4.69) is 48.5 Å². The van der Waals surface area contributed by atoms with E-state index in [-0.39, 0.29) is 6.10 Å². The Kier molecular flexibility index (Phi) is 5.78. The van der Waals surface area contributed by atoms with E-state index in [1.807, 2.05) is 6.07 Å². The van der Waals surface area contributed by atoms with Gasteiger partial charge < -0.3 is 10.5 Å². The van der Waals surface area contributed by atoms with Crippen LogP contribution in [0.4, 0.5) is 0 Å². The summed E-state index contributed by atoms with van der Waals surface area (Å²) in [5.74, 6) is 0. The first-order chi connectivity index (χ1) is 9.83. The van der Waals surface area contributed by atoms with Crippen LogP contribution in [0.2, 0.25) is 0 Å². The third kappa shape index (κ3) is 4.19. The van der Waals surface area contributed by atoms with Crippen molar-refractivity contribution in [1.82, 2.24) is 0 Å². The van der Waals surface area contributed by atoms with Gasteiger partial charge in [0.1, 0.15) is 0 Å². The van der Waals surface area contributed by atoms with Crippen molar-refractivity contribution in [2.75, 3.05) is 13.7 Å². The molecule has 106 valence electrons. The zero-order chi connectivity index (χ0) is 14.2. The summed E-state index contributed by atoms with van der Waals surface area (Å²) in [5, 5.41) is 0. The maximum absolute atomic E-state index is 5.68. The Bertz CT molecular complexity index is 510. The van der Waals surface area contributed by atoms with Crippen molar-refractivity contribution in [2.45, 2.75) is 25.4 Å². The van der Waals surface area contributed by atoms with Crippen molar-refractivity contribution in [3.8, 4) is 0 Å². The van der Waals surface area contributed by atoms with Gasteiger partial charge in [-0.25, -0.2) is 0 Å². The van der Waals surface area contributed by atoms with Gasteiger partial charge in [-0.3, -0.25) is 0 Å². The Hall–Kier alpha value is -1.64. The second kappa shape index (κ2) is 7.83. The van der Waals surface area contributed by atoms with E-state index >= 15 is 0 Å². The Labute approximate surface area is 121 Å². The van der Waals surface area contributed by atoms with Crippen molar-refractivity contribution in [1.29, 1.82) is 0 Å². The van der Waals surface area contributed by atoms with Crippen LogP contribution < -0.4 is 5.73 Å². The molecule has 0 amide bonds. The van der Waals surface area contributed by atoms with Crippen LogP contribution in [-0.2, 0) is 17.6 Å². The Morgan fingerprint density at radius 3 is 2.45 bits per heavy atom. The lowest BCUT2D eigenvalue weighted by molar-refractivity contribution is 0.103. The summed E-state index contributed by atoms with van der Waals surface area (Å²) < 4.78 is 5.68. The fraction of sp³-hybridized carbons (Fsp3) is 0.333. The molecule has 0 bridgehead atoms. The summed E-state index contributed by atoms with van der Waals surface area (Å²) in [6.45, 7) is 0.738. The maximum atomic E-state index is 5.68. The van der Waals surface area contributed by atoms with Crippen molar-refractivity contribution >= 4 is 0 Å². The van der Waals surface area contributed by atoms with Gasteiger partial charge in [-0.2, -0.15) is 0 Å². The molecule has 2 N–H and O–H groups in total. The Morgan fingerprint density at radius 1 is 1.00 bits per heavy atom. The predicted molar refractivity (Wildman–Crippen MR) is 83.7 cm³/mol. The average molecular weight is 269 g/mol. The number of ether oxygens (including phenoxy) is 1. The molecule has 0 spiro atoms. The molecule has 0 saturated heterocycles. The molecule has 1 unspecified atom stereocenters. The first kappa shape index (κ1) is 14.8. The van der Waals surface area contributed by atoms with Crippen molar-refractivity contribution < 1.29 is 4.74 Å². The lowest BCUT2D eigenvalue weighted by Crippen LogP contribution is -2.06. The molecule has 2 aromatic rings. The second-order valence-corrected chi connectivity index (χ2v) is 5.05. The van der Waals surface area contributed by atoms with Crippen LogP contribution in [-0.4, -0.2) is 13.7 Å². The molecule has 2 aromatic carbocycles. The van der Waals surface area contributed by atoms with E-state index in [0.717, 1.165) is 25.8 Å².